The summed E-state index contributed by atoms with van der Waals surface area (Å²) in [7, 11) is 5.86. The smallest absolute Gasteiger partial charge is 0.326 e. The van der Waals surface area contributed by atoms with Gasteiger partial charge in [-0.25, -0.2) is 9.78 Å². The predicted molar refractivity (Wildman–Crippen MR) is 137 cm³/mol. The van der Waals surface area contributed by atoms with E-state index in [-0.39, 0.29) is 23.5 Å². The van der Waals surface area contributed by atoms with Crippen LogP contribution >= 0.6 is 11.3 Å². The van der Waals surface area contributed by atoms with E-state index in [0.717, 1.165) is 31.4 Å². The van der Waals surface area contributed by atoms with Crippen LogP contribution < -0.4 is 16.4 Å². The molecule has 0 saturated heterocycles. The van der Waals surface area contributed by atoms with Gasteiger partial charge >= 0.3 is 5.69 Å². The minimum Gasteiger partial charge on any atom is -0.493 e. The van der Waals surface area contributed by atoms with E-state index < -0.39 is 5.69 Å². The first-order valence-electron chi connectivity index (χ1n) is 11.7. The zero-order valence-corrected chi connectivity index (χ0v) is 21.2. The fourth-order valence-corrected chi connectivity index (χ4v) is 4.73. The van der Waals surface area contributed by atoms with Gasteiger partial charge in [-0.15, -0.1) is 11.3 Å². The molecule has 1 fully saturated rings. The largest absolute Gasteiger partial charge is 0.493 e. The summed E-state index contributed by atoms with van der Waals surface area (Å²) in [6, 6.07) is 4.01. The minimum atomic E-state index is -0.504. The molecule has 11 nitrogen and oxygen atoms in total. The number of aromatic amines is 2. The van der Waals surface area contributed by atoms with Crippen molar-refractivity contribution < 1.29 is 9.90 Å². The number of nitrogens with zero attached hydrogens (tertiary/aromatic N) is 6. The molecule has 36 heavy (non-hydrogen) atoms. The number of aromatic nitrogens is 5. The molecule has 0 unspecified atom stereocenters. The zero-order chi connectivity index (χ0) is 25.4. The third-order valence-electron chi connectivity index (χ3n) is 5.93. The molecule has 0 bridgehead atoms. The second-order valence-corrected chi connectivity index (χ2v) is 10.2. The number of H-pyrrole nitrogens is 2. The number of hydrogen-bond donors (Lipinski definition) is 3. The molecule has 0 aliphatic heterocycles. The molecule has 188 valence electrons. The Balaban J connectivity index is 1.52. The third kappa shape index (κ3) is 5.09. The number of nitrogens with one attached hydrogen (secondary N) is 2. The Morgan fingerprint density at radius 2 is 2.08 bits per heavy atom. The van der Waals surface area contributed by atoms with Gasteiger partial charge in [-0.1, -0.05) is 0 Å². The average molecular weight is 509 g/mol. The fraction of sp³-hybridized carbons (Fsp3) is 0.375. The Morgan fingerprint density at radius 3 is 2.78 bits per heavy atom. The summed E-state index contributed by atoms with van der Waals surface area (Å²) in [4.78, 5) is 43.5. The van der Waals surface area contributed by atoms with Gasteiger partial charge in [0.15, 0.2) is 11.1 Å². The number of amides is 1. The maximum absolute atomic E-state index is 13.0. The van der Waals surface area contributed by atoms with E-state index >= 15 is 0 Å². The van der Waals surface area contributed by atoms with Crippen molar-refractivity contribution in [2.45, 2.75) is 25.3 Å². The minimum absolute atomic E-state index is 0.0146. The topological polar surface area (TPSA) is 135 Å². The van der Waals surface area contributed by atoms with Crippen molar-refractivity contribution in [3.05, 3.63) is 55.5 Å². The van der Waals surface area contributed by atoms with Gasteiger partial charge in [-0.3, -0.25) is 14.8 Å². The Labute approximate surface area is 210 Å². The number of hydrogen-bond acceptors (Lipinski definition) is 8. The molecule has 0 aromatic carbocycles. The second-order valence-electron chi connectivity index (χ2n) is 9.26. The maximum atomic E-state index is 13.0. The third-order valence-corrected chi connectivity index (χ3v) is 6.85. The normalized spacial score (nSPS) is 14.9. The lowest BCUT2D eigenvalue weighted by Crippen LogP contribution is -2.29. The number of fused-ring (bicyclic) bond motifs is 1. The van der Waals surface area contributed by atoms with Crippen LogP contribution in [0, 0.1) is 0 Å². The summed E-state index contributed by atoms with van der Waals surface area (Å²) in [6.07, 6.45) is 6.21. The molecule has 0 spiro atoms. The first-order chi connectivity index (χ1) is 17.3. The van der Waals surface area contributed by atoms with Crippen LogP contribution in [0.15, 0.2) is 33.5 Å². The Morgan fingerprint density at radius 1 is 1.28 bits per heavy atom. The van der Waals surface area contributed by atoms with Gasteiger partial charge in [0, 0.05) is 35.8 Å². The van der Waals surface area contributed by atoms with Crippen LogP contribution in [0.2, 0.25) is 0 Å². The van der Waals surface area contributed by atoms with Crippen LogP contribution in [0.3, 0.4) is 0 Å². The number of rotatable bonds is 8. The molecule has 3 N–H and O–H groups in total. The highest BCUT2D eigenvalue weighted by Crippen LogP contribution is 2.26. The zero-order valence-electron chi connectivity index (χ0n) is 20.4. The van der Waals surface area contributed by atoms with E-state index in [1.807, 2.05) is 38.7 Å². The van der Waals surface area contributed by atoms with Crippen LogP contribution in [0.4, 0.5) is 0 Å². The van der Waals surface area contributed by atoms with Gasteiger partial charge in [0.1, 0.15) is 5.69 Å². The van der Waals surface area contributed by atoms with Crippen molar-refractivity contribution in [1.82, 2.24) is 34.4 Å². The predicted octanol–water partition coefficient (Wildman–Crippen LogP) is 0.814. The van der Waals surface area contributed by atoms with Gasteiger partial charge in [-0.05, 0) is 52.0 Å². The lowest BCUT2D eigenvalue weighted by molar-refractivity contribution is 0.0795. The lowest BCUT2D eigenvalue weighted by Gasteiger charge is -2.17. The van der Waals surface area contributed by atoms with Crippen molar-refractivity contribution in [2.24, 2.45) is 4.99 Å². The Bertz CT molecular complexity index is 1590. The standard InChI is InChI=1S/C24H28N8O3S/c1-30(2)7-4-8-31(3)23(34)19-10-15(13-36-19)17-11-20(26-16-5-6-16)32-21(27-17)14(12-25-32)9-18-22(33)29-24(35)28-18/h9-13,16,33H,4-8H2,1-3H3,(H2,28,29,35). The van der Waals surface area contributed by atoms with Crippen LogP contribution in [0.25, 0.3) is 23.0 Å². The summed E-state index contributed by atoms with van der Waals surface area (Å²) in [5.74, 6) is -0.270. The number of aromatic hydroxyl groups is 1. The molecule has 4 aromatic rings. The molecule has 1 amide bonds. The first-order valence-corrected chi connectivity index (χ1v) is 12.6. The summed E-state index contributed by atoms with van der Waals surface area (Å²) in [6.45, 7) is 1.60. The van der Waals surface area contributed by atoms with E-state index in [0.29, 0.717) is 33.5 Å². The van der Waals surface area contributed by atoms with Crippen molar-refractivity contribution in [2.75, 3.05) is 34.2 Å². The van der Waals surface area contributed by atoms with Gasteiger partial charge in [0.25, 0.3) is 5.91 Å². The van der Waals surface area contributed by atoms with Crippen molar-refractivity contribution in [3.63, 3.8) is 0 Å². The molecule has 1 aliphatic carbocycles. The van der Waals surface area contributed by atoms with Gasteiger partial charge in [0.2, 0.25) is 5.88 Å². The highest BCUT2D eigenvalue weighted by atomic mass is 32.1. The summed E-state index contributed by atoms with van der Waals surface area (Å²) >= 11 is 1.39. The average Bonchev–Trinajstić information content (AvgIpc) is 3.22. The second kappa shape index (κ2) is 9.70. The molecule has 4 heterocycles. The molecular formula is C24H28N8O3S. The summed E-state index contributed by atoms with van der Waals surface area (Å²) in [5.41, 5.74) is 2.44. The molecule has 0 radical (unpaired) electrons. The number of carbonyl (C=O) groups excluding carboxylic acids is 1. The molecule has 0 atom stereocenters. The van der Waals surface area contributed by atoms with Crippen LogP contribution in [-0.2, 0) is 0 Å². The molecule has 1 saturated carbocycles. The quantitative estimate of drug-likeness (QED) is 0.322. The Kier molecular flexibility index (Phi) is 6.46. The van der Waals surface area contributed by atoms with Crippen LogP contribution in [-0.4, -0.2) is 85.7 Å². The van der Waals surface area contributed by atoms with Crippen molar-refractivity contribution >= 4 is 29.0 Å². The van der Waals surface area contributed by atoms with E-state index in [4.69, 9.17) is 9.98 Å². The highest BCUT2D eigenvalue weighted by Gasteiger charge is 2.21. The Hall–Kier alpha value is -3.77. The van der Waals surface area contributed by atoms with E-state index in [1.54, 1.807) is 21.7 Å². The summed E-state index contributed by atoms with van der Waals surface area (Å²) in [5, 5.41) is 17.0. The molecule has 12 heteroatoms. The number of imidazole rings is 1. The molecule has 4 aromatic heterocycles. The van der Waals surface area contributed by atoms with Gasteiger partial charge in [0.05, 0.1) is 22.8 Å². The highest BCUT2D eigenvalue weighted by molar-refractivity contribution is 7.12. The van der Waals surface area contributed by atoms with E-state index in [2.05, 4.69) is 20.0 Å². The van der Waals surface area contributed by atoms with E-state index in [9.17, 15) is 14.7 Å². The first kappa shape index (κ1) is 23.9. The van der Waals surface area contributed by atoms with Crippen molar-refractivity contribution in [1.29, 1.82) is 0 Å². The molecule has 1 aliphatic rings. The monoisotopic (exact) mass is 508 g/mol. The van der Waals surface area contributed by atoms with Crippen molar-refractivity contribution in [3.8, 4) is 17.1 Å². The number of thiophene rings is 1. The van der Waals surface area contributed by atoms with Crippen LogP contribution in [0.5, 0.6) is 5.88 Å². The van der Waals surface area contributed by atoms with Crippen LogP contribution in [0.1, 0.15) is 34.6 Å². The lowest BCUT2D eigenvalue weighted by atomic mass is 10.2. The summed E-state index contributed by atoms with van der Waals surface area (Å²) < 4.78 is 1.66. The van der Waals surface area contributed by atoms with Gasteiger partial charge < -0.3 is 19.9 Å². The van der Waals surface area contributed by atoms with E-state index in [1.165, 1.54) is 11.3 Å². The molecular weight excluding hydrogens is 480 g/mol. The fourth-order valence-electron chi connectivity index (χ4n) is 3.84. The molecule has 5 rings (SSSR count). The SMILES string of the molecule is CN(C)CCCN(C)C(=O)c1cc(-c2cc(=NC3CC3)n3ncc(=Cc4[nH]c(=O)[nH]c4O)c3n2)cs1. The van der Waals surface area contributed by atoms with Gasteiger partial charge in [-0.2, -0.15) is 9.61 Å². The maximum Gasteiger partial charge on any atom is 0.326 e. The number of carbonyl (C=O) groups is 1.